The van der Waals surface area contributed by atoms with Crippen LogP contribution in [0.5, 0.6) is 0 Å². The van der Waals surface area contributed by atoms with E-state index in [1.807, 2.05) is 48.5 Å². The van der Waals surface area contributed by atoms with E-state index >= 15 is 0 Å². The Bertz CT molecular complexity index is 3050. The smallest absolute Gasteiger partial charge is 0.243 e. The van der Waals surface area contributed by atoms with Gasteiger partial charge in [0.15, 0.2) is 0 Å². The number of aromatic nitrogens is 2. The van der Waals surface area contributed by atoms with E-state index in [1.54, 1.807) is 73.1 Å². The first-order valence-corrected chi connectivity index (χ1v) is 24.8. The normalized spacial score (nSPS) is 24.5. The largest absolute Gasteiger partial charge is 0.361 e. The van der Waals surface area contributed by atoms with Crippen LogP contribution in [0.4, 0.5) is 0 Å². The molecule has 75 heavy (non-hydrogen) atoms. The second-order valence-corrected chi connectivity index (χ2v) is 18.9. The quantitative estimate of drug-likeness (QED) is 0.105. The fraction of sp³-hybridized carbons (Fsp3) is 0.327. The minimum atomic E-state index is -1.33. The Kier molecular flexibility index (Phi) is 17.8. The van der Waals surface area contributed by atoms with Crippen LogP contribution in [0.1, 0.15) is 56.9 Å². The van der Waals surface area contributed by atoms with Gasteiger partial charge < -0.3 is 57.8 Å². The molecule has 1 saturated heterocycles. The number of aromatic amines is 2. The summed E-state index contributed by atoms with van der Waals surface area (Å²) < 4.78 is 0. The number of fused-ring (bicyclic) bond motifs is 2. The molecule has 0 spiro atoms. The van der Waals surface area contributed by atoms with Crippen LogP contribution in [0, 0.1) is 0 Å². The van der Waals surface area contributed by atoms with Crippen LogP contribution in [-0.2, 0) is 68.8 Å². The lowest BCUT2D eigenvalue weighted by molar-refractivity contribution is -0.135. The zero-order valence-corrected chi connectivity index (χ0v) is 42.2. The van der Waals surface area contributed by atoms with Crippen molar-refractivity contribution in [2.45, 2.75) is 115 Å². The number of carbonyl (C=O) groups is 9. The van der Waals surface area contributed by atoms with E-state index < -0.39 is 108 Å². The van der Waals surface area contributed by atoms with E-state index in [-0.39, 0.29) is 25.7 Å². The van der Waals surface area contributed by atoms with E-state index in [1.165, 1.54) is 34.6 Å². The van der Waals surface area contributed by atoms with Crippen molar-refractivity contribution in [3.05, 3.63) is 144 Å². The molecule has 20 nitrogen and oxygen atoms in total. The van der Waals surface area contributed by atoms with Crippen LogP contribution >= 0.6 is 0 Å². The number of para-hydroxylation sites is 2. The zero-order chi connectivity index (χ0) is 53.8. The van der Waals surface area contributed by atoms with E-state index in [9.17, 15) is 43.2 Å². The minimum absolute atomic E-state index is 0.0139. The summed E-state index contributed by atoms with van der Waals surface area (Å²) in [4.78, 5) is 133. The molecule has 1 aliphatic heterocycles. The molecule has 11 N–H and O–H groups in total. The molecule has 0 radical (unpaired) electrons. The Balaban J connectivity index is 1.20. The minimum Gasteiger partial charge on any atom is -0.361 e. The summed E-state index contributed by atoms with van der Waals surface area (Å²) in [5, 5.41) is 25.6. The average Bonchev–Trinajstić information content (AvgIpc) is 4.01. The van der Waals surface area contributed by atoms with E-state index in [0.29, 0.717) is 22.3 Å². The van der Waals surface area contributed by atoms with E-state index in [0.717, 1.165) is 21.8 Å². The molecule has 0 saturated carbocycles. The third-order valence-electron chi connectivity index (χ3n) is 13.1. The lowest BCUT2D eigenvalue weighted by Gasteiger charge is -2.26. The van der Waals surface area contributed by atoms with Crippen molar-refractivity contribution in [2.24, 2.45) is 0 Å². The molecule has 9 amide bonds. The molecular weight excluding hydrogens is 959 g/mol. The molecule has 3 heterocycles. The highest BCUT2D eigenvalue weighted by atomic mass is 16.2. The van der Waals surface area contributed by atoms with Gasteiger partial charge in [0.1, 0.15) is 54.4 Å². The van der Waals surface area contributed by atoms with Gasteiger partial charge in [0.2, 0.25) is 53.2 Å². The third kappa shape index (κ3) is 14.2. The molecule has 20 heteroatoms. The van der Waals surface area contributed by atoms with Crippen LogP contribution in [-0.4, -0.2) is 118 Å². The van der Waals surface area contributed by atoms with Gasteiger partial charge in [-0.1, -0.05) is 97.1 Å². The van der Waals surface area contributed by atoms with Crippen molar-refractivity contribution >= 4 is 75.0 Å². The van der Waals surface area contributed by atoms with Crippen LogP contribution in [0.25, 0.3) is 21.8 Å². The molecule has 6 aromatic rings. The second kappa shape index (κ2) is 24.7. The fourth-order valence-electron chi connectivity index (χ4n) is 8.69. The second-order valence-electron chi connectivity index (χ2n) is 18.9. The Hall–Kier alpha value is -8.81. The summed E-state index contributed by atoms with van der Waals surface area (Å²) in [5.74, 6) is -6.82. The number of H-pyrrole nitrogens is 2. The summed E-state index contributed by atoms with van der Waals surface area (Å²) in [6, 6.07) is 21.0. The molecule has 4 aromatic carbocycles. The fourth-order valence-corrected chi connectivity index (χ4v) is 8.69. The number of amides is 9. The third-order valence-corrected chi connectivity index (χ3v) is 13.1. The van der Waals surface area contributed by atoms with Crippen LogP contribution < -0.4 is 47.9 Å². The molecule has 0 bridgehead atoms. The Labute approximate surface area is 433 Å². The molecule has 0 aliphatic carbocycles. The summed E-state index contributed by atoms with van der Waals surface area (Å²) in [7, 11) is 0. The topological polar surface area (TPSA) is 293 Å². The lowest BCUT2D eigenvalue weighted by Crippen LogP contribution is -2.60. The predicted molar refractivity (Wildman–Crippen MR) is 280 cm³/mol. The number of benzene rings is 4. The van der Waals surface area contributed by atoms with Crippen molar-refractivity contribution in [1.82, 2.24) is 57.8 Å². The van der Waals surface area contributed by atoms with Crippen LogP contribution in [0.2, 0.25) is 0 Å². The van der Waals surface area contributed by atoms with Crippen molar-refractivity contribution < 1.29 is 43.2 Å². The summed E-state index contributed by atoms with van der Waals surface area (Å²) in [6.45, 7) is 7.00. The lowest BCUT2D eigenvalue weighted by atomic mass is 10.0. The number of hydrogen-bond donors (Lipinski definition) is 11. The van der Waals surface area contributed by atoms with Gasteiger partial charge >= 0.3 is 0 Å². The molecule has 2 aromatic heterocycles. The first kappa shape index (κ1) is 54.0. The molecule has 1 aliphatic rings. The average molecular weight is 1020 g/mol. The van der Waals surface area contributed by atoms with Gasteiger partial charge in [-0.25, -0.2) is 0 Å². The maximum atomic E-state index is 14.6. The van der Waals surface area contributed by atoms with Gasteiger partial charge in [-0.2, -0.15) is 0 Å². The Morgan fingerprint density at radius 2 is 0.547 bits per heavy atom. The highest BCUT2D eigenvalue weighted by molar-refractivity contribution is 5.99. The van der Waals surface area contributed by atoms with Gasteiger partial charge in [-0.3, -0.25) is 43.2 Å². The molecule has 7 rings (SSSR count). The van der Waals surface area contributed by atoms with Gasteiger partial charge in [0, 0.05) is 59.9 Å². The zero-order valence-electron chi connectivity index (χ0n) is 42.2. The van der Waals surface area contributed by atoms with Crippen LogP contribution in [0.3, 0.4) is 0 Å². The van der Waals surface area contributed by atoms with E-state index in [2.05, 4.69) is 57.8 Å². The van der Waals surface area contributed by atoms with Crippen molar-refractivity contribution in [2.75, 3.05) is 0 Å². The van der Waals surface area contributed by atoms with Crippen molar-refractivity contribution in [3.63, 3.8) is 0 Å². The van der Waals surface area contributed by atoms with Gasteiger partial charge in [0.05, 0.1) is 0 Å². The summed E-state index contributed by atoms with van der Waals surface area (Å²) in [5.41, 5.74) is 4.21. The van der Waals surface area contributed by atoms with Gasteiger partial charge in [-0.05, 0) is 69.0 Å². The SMILES string of the molecule is C[C@@H]1NC(=O)[C@@H](C)NC(=O)[C@H](Cc2c[nH]c3ccccc23)NC(=O)[C@H](Cc2c[nH]c3ccccc23)NC(=O)[C@@H](C)NC(=O)[C@H](C)NC(=O)[C@@H](Cc2ccccc2)NC(=O)[C@H](Cc2ccccc2)NC(=O)[C@@H](C)NC1=O. The summed E-state index contributed by atoms with van der Waals surface area (Å²) in [6.07, 6.45) is 3.27. The molecule has 392 valence electrons. The highest BCUT2D eigenvalue weighted by Gasteiger charge is 2.34. The standard InChI is InChI=1S/C55H63N11O9/c1-30-47(67)59-33(4)50(70)63-44(25-36-18-10-7-11-19-36)54(74)65-43(24-35-16-8-6-9-17-35)52(72)61-31(2)49(69)60-34(5)51(71)64-46(27-38-29-57-42-23-15-13-21-40(38)42)55(75)66-45(53(73)62-32(3)48(68)58-30)26-37-28-56-41-22-14-12-20-39(37)41/h6-23,28-34,43-46,56-57H,24-27H2,1-5H3,(H,58,68)(H,59,67)(H,60,69)(H,61,72)(H,62,73)(H,63,70)(H,64,71)(H,65,74)(H,66,75)/t30-,31-,32+,33+,34+,43+,44-,45-,46-/m0/s1. The molecular formula is C55H63N11O9. The van der Waals surface area contributed by atoms with E-state index in [4.69, 9.17) is 0 Å². The Morgan fingerprint density at radius 3 is 0.893 bits per heavy atom. The van der Waals surface area contributed by atoms with Crippen LogP contribution in [0.15, 0.2) is 122 Å². The Morgan fingerprint density at radius 1 is 0.293 bits per heavy atom. The van der Waals surface area contributed by atoms with Crippen molar-refractivity contribution in [3.8, 4) is 0 Å². The van der Waals surface area contributed by atoms with Crippen molar-refractivity contribution in [1.29, 1.82) is 0 Å². The first-order valence-electron chi connectivity index (χ1n) is 24.8. The summed E-state index contributed by atoms with van der Waals surface area (Å²) >= 11 is 0. The first-order chi connectivity index (χ1) is 35.9. The van der Waals surface area contributed by atoms with Gasteiger partial charge in [0.25, 0.3) is 0 Å². The molecule has 0 unspecified atom stereocenters. The maximum Gasteiger partial charge on any atom is 0.243 e. The number of hydrogen-bond acceptors (Lipinski definition) is 9. The number of nitrogens with one attached hydrogen (secondary N) is 11. The monoisotopic (exact) mass is 1020 g/mol. The number of rotatable bonds is 8. The van der Waals surface area contributed by atoms with Gasteiger partial charge in [-0.15, -0.1) is 0 Å². The predicted octanol–water partition coefficient (Wildman–Crippen LogP) is 1.40. The highest BCUT2D eigenvalue weighted by Crippen LogP contribution is 2.22. The maximum absolute atomic E-state index is 14.6. The molecule has 9 atom stereocenters. The number of carbonyl (C=O) groups excluding carboxylic acids is 9. The molecule has 1 fully saturated rings.